The number of hydrogen-bond acceptors (Lipinski definition) is 2. The molecule has 5 aromatic rings. The van der Waals surface area contributed by atoms with Gasteiger partial charge in [-0.2, -0.15) is 0 Å². The molecule has 1 heterocycles. The number of nitrogens with zero attached hydrogens (tertiary/aromatic N) is 1. The first-order valence-corrected chi connectivity index (χ1v) is 19.2. The molecule has 0 N–H and O–H groups in total. The minimum Gasteiger partial charge on any atom is -0.457 e. The number of benzene rings is 5. The van der Waals surface area contributed by atoms with Crippen LogP contribution in [0.3, 0.4) is 0 Å². The number of hydrogen-bond donors (Lipinski definition) is 0. The van der Waals surface area contributed by atoms with Crippen LogP contribution >= 0.6 is 0 Å². The third-order valence-corrected chi connectivity index (χ3v) is 15.0. The lowest BCUT2D eigenvalue weighted by Crippen LogP contribution is -2.74. The van der Waals surface area contributed by atoms with Gasteiger partial charge in [-0.05, 0) is 125 Å². The average Bonchev–Trinajstić information content (AvgIpc) is 3.66. The summed E-state index contributed by atoms with van der Waals surface area (Å²) in [5.74, 6) is 5.41. The summed E-state index contributed by atoms with van der Waals surface area (Å²) in [6.07, 6.45) is 8.04. The van der Waals surface area contributed by atoms with Crippen LogP contribution in [0.1, 0.15) is 88.5 Å². The summed E-state index contributed by atoms with van der Waals surface area (Å²) >= 11 is 0. The lowest BCUT2D eigenvalue weighted by atomic mass is 9.26. The predicted octanol–water partition coefficient (Wildman–Crippen LogP) is 12.6. The van der Waals surface area contributed by atoms with E-state index < -0.39 is 0 Å². The molecule has 6 unspecified atom stereocenters. The van der Waals surface area contributed by atoms with Gasteiger partial charge in [0.25, 0.3) is 0 Å². The van der Waals surface area contributed by atoms with E-state index in [0.717, 1.165) is 29.8 Å². The number of anilines is 3. The van der Waals surface area contributed by atoms with Crippen LogP contribution in [-0.4, -0.2) is 0 Å². The fourth-order valence-electron chi connectivity index (χ4n) is 13.0. The maximum absolute atomic E-state index is 7.11. The van der Waals surface area contributed by atoms with Crippen LogP contribution in [0, 0.1) is 29.1 Å². The molecule has 11 rings (SSSR count). The van der Waals surface area contributed by atoms with Crippen LogP contribution in [0.25, 0.3) is 11.1 Å². The molecule has 4 fully saturated rings. The summed E-state index contributed by atoms with van der Waals surface area (Å²) < 4.78 is 7.11. The van der Waals surface area contributed by atoms with E-state index >= 15 is 0 Å². The van der Waals surface area contributed by atoms with Crippen molar-refractivity contribution in [3.63, 3.8) is 0 Å². The molecule has 2 bridgehead atoms. The van der Waals surface area contributed by atoms with Gasteiger partial charge in [-0.1, -0.05) is 107 Å². The van der Waals surface area contributed by atoms with Crippen molar-refractivity contribution in [3.8, 4) is 22.6 Å². The van der Waals surface area contributed by atoms with E-state index in [0.29, 0.717) is 17.3 Å². The third-order valence-electron chi connectivity index (χ3n) is 15.0. The molecule has 2 heteroatoms. The molecule has 0 saturated heterocycles. The van der Waals surface area contributed by atoms with Crippen molar-refractivity contribution in [3.05, 3.63) is 138 Å². The molecule has 1 aliphatic heterocycles. The Bertz CT molecular complexity index is 2200. The minimum absolute atomic E-state index is 0.0351. The summed E-state index contributed by atoms with van der Waals surface area (Å²) in [6.45, 7) is 9.78. The highest BCUT2D eigenvalue weighted by molar-refractivity contribution is 5.92. The van der Waals surface area contributed by atoms with Gasteiger partial charge in [0.15, 0.2) is 0 Å². The molecule has 5 aliphatic carbocycles. The van der Waals surface area contributed by atoms with Gasteiger partial charge in [-0.25, -0.2) is 0 Å². The second-order valence-electron chi connectivity index (χ2n) is 18.0. The molecule has 0 amide bonds. The van der Waals surface area contributed by atoms with Gasteiger partial charge in [-0.3, -0.25) is 0 Å². The van der Waals surface area contributed by atoms with Crippen molar-refractivity contribution in [1.29, 1.82) is 0 Å². The maximum Gasteiger partial charge on any atom is 0.133 e. The largest absolute Gasteiger partial charge is 0.457 e. The summed E-state index contributed by atoms with van der Waals surface area (Å²) in [5.41, 5.74) is 12.8. The summed E-state index contributed by atoms with van der Waals surface area (Å²) in [5, 5.41) is 0. The molecular weight excluding hydrogens is 607 g/mol. The van der Waals surface area contributed by atoms with E-state index in [-0.39, 0.29) is 16.2 Å². The molecule has 6 atom stereocenters. The zero-order chi connectivity index (χ0) is 33.6. The van der Waals surface area contributed by atoms with Crippen molar-refractivity contribution in [1.82, 2.24) is 0 Å². The zero-order valence-electron chi connectivity index (χ0n) is 29.9. The molecule has 0 aromatic heterocycles. The Morgan fingerprint density at radius 1 is 0.600 bits per heavy atom. The SMILES string of the molecule is CC1(C)CCC(C)(C)c2c(N(c3ccccc3)c3cc4c(cc3-c3ccccc3)C3(c5ccccc5O4)C4CC5CC6CC3C64C5)cccc21. The van der Waals surface area contributed by atoms with E-state index in [1.807, 2.05) is 0 Å². The highest BCUT2D eigenvalue weighted by atomic mass is 16.5. The van der Waals surface area contributed by atoms with Gasteiger partial charge in [0, 0.05) is 33.9 Å². The summed E-state index contributed by atoms with van der Waals surface area (Å²) in [7, 11) is 0. The topological polar surface area (TPSA) is 12.5 Å². The summed E-state index contributed by atoms with van der Waals surface area (Å²) in [6, 6.07) is 43.4. The predicted molar refractivity (Wildman–Crippen MR) is 204 cm³/mol. The Labute approximate surface area is 297 Å². The number of para-hydroxylation sites is 2. The van der Waals surface area contributed by atoms with Crippen molar-refractivity contribution in [2.45, 2.75) is 82.5 Å². The smallest absolute Gasteiger partial charge is 0.133 e. The molecule has 5 aromatic carbocycles. The van der Waals surface area contributed by atoms with E-state index in [1.165, 1.54) is 82.5 Å². The van der Waals surface area contributed by atoms with Gasteiger partial charge < -0.3 is 9.64 Å². The fourth-order valence-corrected chi connectivity index (χ4v) is 13.0. The number of fused-ring (bicyclic) bond motifs is 8. The molecule has 6 aliphatic rings. The van der Waals surface area contributed by atoms with Crippen LogP contribution < -0.4 is 9.64 Å². The highest BCUT2D eigenvalue weighted by Crippen LogP contribution is 2.89. The molecule has 250 valence electrons. The van der Waals surface area contributed by atoms with Gasteiger partial charge >= 0.3 is 0 Å². The Kier molecular flexibility index (Phi) is 5.72. The Hall–Kier alpha value is -4.30. The minimum atomic E-state index is 0.0351. The van der Waals surface area contributed by atoms with Crippen LogP contribution in [-0.2, 0) is 16.2 Å². The fraction of sp³-hybridized carbons (Fsp3) is 0.375. The van der Waals surface area contributed by atoms with Gasteiger partial charge in [0.2, 0.25) is 0 Å². The van der Waals surface area contributed by atoms with Gasteiger partial charge in [0.05, 0.1) is 11.4 Å². The quantitative estimate of drug-likeness (QED) is 0.191. The molecule has 4 saturated carbocycles. The first kappa shape index (κ1) is 29.4. The maximum atomic E-state index is 7.11. The Balaban J connectivity index is 1.20. The first-order chi connectivity index (χ1) is 24.2. The van der Waals surface area contributed by atoms with Crippen LogP contribution in [0.5, 0.6) is 11.5 Å². The standard InChI is InChI=1S/C48H47NO/c1-45(2)22-23-46(3,4)44-36(45)19-13-20-38(44)49(33-16-9-6-10-17-33)39-28-41-37(27-34(39)31-14-7-5-8-15-31)48(35-18-11-12-21-40(35)50-41)42-25-30-24-32-26-43(48)47(32,42)29-30/h5-21,27-28,30,32,42-43H,22-26,29H2,1-4H3. The van der Waals surface area contributed by atoms with Crippen LogP contribution in [0.4, 0.5) is 17.1 Å². The monoisotopic (exact) mass is 653 g/mol. The van der Waals surface area contributed by atoms with E-state index in [9.17, 15) is 0 Å². The van der Waals surface area contributed by atoms with E-state index in [2.05, 4.69) is 148 Å². The molecule has 2 spiro atoms. The van der Waals surface area contributed by atoms with Crippen LogP contribution in [0.2, 0.25) is 0 Å². The van der Waals surface area contributed by atoms with Crippen molar-refractivity contribution >= 4 is 17.1 Å². The number of ether oxygens (including phenoxy) is 1. The van der Waals surface area contributed by atoms with Gasteiger partial charge in [-0.15, -0.1) is 0 Å². The zero-order valence-corrected chi connectivity index (χ0v) is 29.9. The van der Waals surface area contributed by atoms with Crippen molar-refractivity contribution in [2.75, 3.05) is 4.90 Å². The molecule has 2 nitrogen and oxygen atoms in total. The number of rotatable bonds is 4. The molecule has 0 radical (unpaired) electrons. The van der Waals surface area contributed by atoms with Crippen molar-refractivity contribution < 1.29 is 4.74 Å². The van der Waals surface area contributed by atoms with E-state index in [4.69, 9.17) is 4.74 Å². The second-order valence-corrected chi connectivity index (χ2v) is 18.0. The normalized spacial score (nSPS) is 31.0. The average molecular weight is 654 g/mol. The Morgan fingerprint density at radius 2 is 1.30 bits per heavy atom. The van der Waals surface area contributed by atoms with Crippen molar-refractivity contribution in [2.24, 2.45) is 29.1 Å². The highest BCUT2D eigenvalue weighted by Gasteiger charge is 2.84. The lowest BCUT2D eigenvalue weighted by molar-refractivity contribution is -0.235. The molecular formula is C48H47NO. The summed E-state index contributed by atoms with van der Waals surface area (Å²) in [4.78, 5) is 2.57. The van der Waals surface area contributed by atoms with Gasteiger partial charge in [0.1, 0.15) is 11.5 Å². The first-order valence-electron chi connectivity index (χ1n) is 19.2. The Morgan fingerprint density at radius 3 is 2.10 bits per heavy atom. The van der Waals surface area contributed by atoms with E-state index in [1.54, 1.807) is 0 Å². The third kappa shape index (κ3) is 3.51. The second kappa shape index (κ2) is 9.72. The van der Waals surface area contributed by atoms with Crippen LogP contribution in [0.15, 0.2) is 115 Å². The lowest BCUT2D eigenvalue weighted by Gasteiger charge is -2.77. The molecule has 50 heavy (non-hydrogen) atoms.